The first kappa shape index (κ1) is 29.2. The van der Waals surface area contributed by atoms with E-state index in [0.717, 1.165) is 18.4 Å². The van der Waals surface area contributed by atoms with E-state index in [9.17, 15) is 14.4 Å². The summed E-state index contributed by atoms with van der Waals surface area (Å²) in [4.78, 5) is 50.8. The molecule has 2 heterocycles. The Bertz CT molecular complexity index is 1030. The number of amides is 3. The zero-order valence-corrected chi connectivity index (χ0v) is 21.9. The number of nitrogens with one attached hydrogen (secondary N) is 4. The van der Waals surface area contributed by atoms with Gasteiger partial charge in [0.2, 0.25) is 17.8 Å². The molecule has 4 N–H and O–H groups in total. The number of nitrogens with zero attached hydrogens (tertiary/aromatic N) is 4. The van der Waals surface area contributed by atoms with E-state index in [1.807, 2.05) is 26.0 Å². The molecule has 0 aliphatic carbocycles. The van der Waals surface area contributed by atoms with Crippen LogP contribution in [-0.4, -0.2) is 76.8 Å². The van der Waals surface area contributed by atoms with Gasteiger partial charge in [0, 0.05) is 51.3 Å². The topological polar surface area (TPSA) is 141 Å². The van der Waals surface area contributed by atoms with Crippen molar-refractivity contribution >= 4 is 29.5 Å². The molecule has 11 nitrogen and oxygen atoms in total. The van der Waals surface area contributed by atoms with Crippen molar-refractivity contribution in [1.82, 2.24) is 30.5 Å². The number of aromatic nitrogens is 3. The van der Waals surface area contributed by atoms with Crippen molar-refractivity contribution < 1.29 is 14.4 Å². The van der Waals surface area contributed by atoms with Gasteiger partial charge in [-0.25, -0.2) is 4.98 Å². The number of pyridine rings is 1. The largest absolute Gasteiger partial charge is 0.369 e. The Morgan fingerprint density at radius 2 is 1.86 bits per heavy atom. The van der Waals surface area contributed by atoms with Crippen molar-refractivity contribution in [2.45, 2.75) is 45.6 Å². The highest BCUT2D eigenvalue weighted by Crippen LogP contribution is 2.14. The molecule has 1 atom stereocenters. The molecule has 2 aromatic rings. The Hall–Kier alpha value is -4.02. The van der Waals surface area contributed by atoms with E-state index >= 15 is 0 Å². The van der Waals surface area contributed by atoms with Gasteiger partial charge in [-0.2, -0.15) is 4.98 Å². The van der Waals surface area contributed by atoms with Crippen molar-refractivity contribution in [3.05, 3.63) is 54.5 Å². The molecular weight excluding hydrogens is 472 g/mol. The summed E-state index contributed by atoms with van der Waals surface area (Å²) in [5.74, 6) is 0.0378. The monoisotopic (exact) mass is 510 g/mol. The number of hydrogen-bond donors (Lipinski definition) is 4. The number of rotatable bonds is 16. The lowest BCUT2D eigenvalue weighted by Gasteiger charge is -2.20. The van der Waals surface area contributed by atoms with Gasteiger partial charge >= 0.3 is 0 Å². The van der Waals surface area contributed by atoms with E-state index in [1.165, 1.54) is 17.2 Å². The zero-order chi connectivity index (χ0) is 27.0. The van der Waals surface area contributed by atoms with Crippen LogP contribution in [0.1, 0.15) is 49.0 Å². The van der Waals surface area contributed by atoms with Gasteiger partial charge in [-0.1, -0.05) is 20.4 Å². The smallest absolute Gasteiger partial charge is 0.256 e. The van der Waals surface area contributed by atoms with Crippen LogP contribution in [0.4, 0.5) is 11.8 Å². The third-order valence-electron chi connectivity index (χ3n) is 5.59. The van der Waals surface area contributed by atoms with Crippen LogP contribution in [0, 0.1) is 0 Å². The van der Waals surface area contributed by atoms with Gasteiger partial charge < -0.3 is 26.2 Å². The molecular formula is C26H38N8O3. The summed E-state index contributed by atoms with van der Waals surface area (Å²) in [7, 11) is 1.54. The molecule has 3 amide bonds. The highest BCUT2D eigenvalue weighted by atomic mass is 16.2. The minimum Gasteiger partial charge on any atom is -0.369 e. The van der Waals surface area contributed by atoms with Crippen molar-refractivity contribution in [2.75, 3.05) is 43.9 Å². The molecule has 0 radical (unpaired) electrons. The highest BCUT2D eigenvalue weighted by molar-refractivity contribution is 5.98. The van der Waals surface area contributed by atoms with E-state index in [0.29, 0.717) is 49.8 Å². The van der Waals surface area contributed by atoms with E-state index in [1.54, 1.807) is 19.4 Å². The fraction of sp³-hybridized carbons (Fsp3) is 0.462. The molecule has 0 aromatic carbocycles. The molecule has 1 unspecified atom stereocenters. The summed E-state index contributed by atoms with van der Waals surface area (Å²) in [5.41, 5.74) is 1.51. The van der Waals surface area contributed by atoms with E-state index in [-0.39, 0.29) is 30.3 Å². The molecule has 0 saturated carbocycles. The fourth-order valence-electron chi connectivity index (χ4n) is 3.44. The molecule has 2 aromatic heterocycles. The predicted octanol–water partition coefficient (Wildman–Crippen LogP) is 2.01. The van der Waals surface area contributed by atoms with Crippen LogP contribution in [0.5, 0.6) is 0 Å². The first-order chi connectivity index (χ1) is 17.9. The van der Waals surface area contributed by atoms with Crippen molar-refractivity contribution in [1.29, 1.82) is 0 Å². The third-order valence-corrected chi connectivity index (χ3v) is 5.59. The summed E-state index contributed by atoms with van der Waals surface area (Å²) < 4.78 is 0. The average Bonchev–Trinajstić information content (AvgIpc) is 2.91. The van der Waals surface area contributed by atoms with Gasteiger partial charge in [-0.15, -0.1) is 0 Å². The average molecular weight is 511 g/mol. The first-order valence-electron chi connectivity index (χ1n) is 12.6. The van der Waals surface area contributed by atoms with E-state index < -0.39 is 0 Å². The molecule has 0 spiro atoms. The summed E-state index contributed by atoms with van der Waals surface area (Å²) in [5, 5.41) is 12.2. The van der Waals surface area contributed by atoms with Gasteiger partial charge in [0.15, 0.2) is 0 Å². The van der Waals surface area contributed by atoms with E-state index in [4.69, 9.17) is 0 Å². The Balaban J connectivity index is 1.90. The second-order valence-electron chi connectivity index (χ2n) is 8.53. The van der Waals surface area contributed by atoms with Crippen LogP contribution in [0.3, 0.4) is 0 Å². The molecule has 200 valence electrons. The number of hydrogen-bond acceptors (Lipinski definition) is 8. The summed E-state index contributed by atoms with van der Waals surface area (Å²) in [6.45, 7) is 9.02. The van der Waals surface area contributed by atoms with Crippen molar-refractivity contribution in [3.63, 3.8) is 0 Å². The highest BCUT2D eigenvalue weighted by Gasteiger charge is 2.17. The Labute approximate surface area is 218 Å². The summed E-state index contributed by atoms with van der Waals surface area (Å²) in [6.07, 6.45) is 9.09. The fourth-order valence-corrected chi connectivity index (χ4v) is 3.44. The number of anilines is 2. The molecule has 37 heavy (non-hydrogen) atoms. The summed E-state index contributed by atoms with van der Waals surface area (Å²) in [6, 6.07) is 3.78. The van der Waals surface area contributed by atoms with Crippen LogP contribution < -0.4 is 21.3 Å². The summed E-state index contributed by atoms with van der Waals surface area (Å²) >= 11 is 0. The Kier molecular flexibility index (Phi) is 12.5. The van der Waals surface area contributed by atoms with E-state index in [2.05, 4.69) is 42.8 Å². The third kappa shape index (κ3) is 10.2. The number of carbonyl (C=O) groups is 3. The van der Waals surface area contributed by atoms with Crippen LogP contribution in [0.2, 0.25) is 0 Å². The lowest BCUT2D eigenvalue weighted by molar-refractivity contribution is -0.131. The van der Waals surface area contributed by atoms with Crippen LogP contribution in [0.25, 0.3) is 0 Å². The minimum absolute atomic E-state index is 0.0551. The lowest BCUT2D eigenvalue weighted by atomic mass is 10.1. The Morgan fingerprint density at radius 3 is 2.54 bits per heavy atom. The van der Waals surface area contributed by atoms with Crippen molar-refractivity contribution in [2.24, 2.45) is 0 Å². The van der Waals surface area contributed by atoms with Crippen LogP contribution in [0.15, 0.2) is 43.4 Å². The van der Waals surface area contributed by atoms with Crippen LogP contribution >= 0.6 is 0 Å². The second-order valence-corrected chi connectivity index (χ2v) is 8.53. The van der Waals surface area contributed by atoms with Gasteiger partial charge in [0.05, 0.1) is 6.54 Å². The zero-order valence-electron chi connectivity index (χ0n) is 21.9. The quantitative estimate of drug-likeness (QED) is 0.251. The maximum Gasteiger partial charge on any atom is 0.256 e. The second kappa shape index (κ2) is 15.9. The Morgan fingerprint density at radius 1 is 1.11 bits per heavy atom. The number of likely N-dealkylation sites (N-methyl/N-ethyl adjacent to an activating group) is 1. The van der Waals surface area contributed by atoms with Gasteiger partial charge in [-0.05, 0) is 49.5 Å². The van der Waals surface area contributed by atoms with Gasteiger partial charge in [0.25, 0.3) is 5.91 Å². The number of carbonyl (C=O) groups excluding carboxylic acids is 3. The van der Waals surface area contributed by atoms with Crippen molar-refractivity contribution in [3.8, 4) is 0 Å². The molecule has 2 rings (SSSR count). The molecule has 0 aliphatic heterocycles. The molecule has 11 heteroatoms. The maximum atomic E-state index is 12.9. The maximum absolute atomic E-state index is 12.9. The first-order valence-corrected chi connectivity index (χ1v) is 12.6. The lowest BCUT2D eigenvalue weighted by Crippen LogP contribution is -2.43. The standard InChI is InChI=1S/C26H38N8O3/c1-5-12-28-24-21(17-31-26(33-24)30-15-10-19-8-13-27-14-9-19)25(37)29-16-11-20(6-2)32-22(35)18-34(4)23(36)7-3/h7-9,13-14,17,20H,3,5-6,10-12,15-16,18H2,1-2,4H3,(H,29,37)(H,32,35)(H2,28,30,31,33). The minimum atomic E-state index is -0.319. The molecule has 0 aliphatic rings. The van der Waals surface area contributed by atoms with Gasteiger partial charge in [-0.3, -0.25) is 19.4 Å². The molecule has 0 saturated heterocycles. The predicted molar refractivity (Wildman–Crippen MR) is 144 cm³/mol. The molecule has 0 fully saturated rings. The van der Waals surface area contributed by atoms with Crippen LogP contribution in [-0.2, 0) is 16.0 Å². The normalized spacial score (nSPS) is 11.2. The SMILES string of the molecule is C=CC(=O)N(C)CC(=O)NC(CC)CCNC(=O)c1cnc(NCCc2ccncc2)nc1NCCC. The van der Waals surface area contributed by atoms with Gasteiger partial charge in [0.1, 0.15) is 11.4 Å². The molecule has 0 bridgehead atoms.